The molecule has 1 aromatic carbocycles. The van der Waals surface area contributed by atoms with E-state index in [2.05, 4.69) is 5.32 Å². The lowest BCUT2D eigenvalue weighted by Gasteiger charge is -2.05. The number of non-ortho nitro benzene ring substituents is 1. The number of carboxylic acid groups (broad SMARTS) is 1. The van der Waals surface area contributed by atoms with Crippen LogP contribution in [0.1, 0.15) is 0 Å². The number of nitrogens with zero attached hydrogens (tertiary/aromatic N) is 1. The van der Waals surface area contributed by atoms with Crippen LogP contribution in [0.15, 0.2) is 24.3 Å². The Balaban J connectivity index is 2.64. The lowest BCUT2D eigenvalue weighted by Crippen LogP contribution is -2.30. The highest BCUT2D eigenvalue weighted by Crippen LogP contribution is 2.14. The molecule has 74 valence electrons. The molecule has 0 aromatic heterocycles. The highest BCUT2D eigenvalue weighted by Gasteiger charge is 2.02. The van der Waals surface area contributed by atoms with Crippen LogP contribution in [0.4, 0.5) is 11.4 Å². The molecule has 0 fully saturated rings. The van der Waals surface area contributed by atoms with E-state index < -0.39 is 10.9 Å². The van der Waals surface area contributed by atoms with Crippen LogP contribution in [0.25, 0.3) is 0 Å². The van der Waals surface area contributed by atoms with E-state index in [1.54, 1.807) is 0 Å². The number of carboxylic acids is 1. The molecule has 0 radical (unpaired) electrons. The number of nitrogens with one attached hydrogen (secondary N) is 1. The molecular formula is C8H7N2O4-. The standard InChI is InChI=1S/C8H8N2O4/c11-8(12)5-9-6-1-3-7(4-2-6)10(13)14/h1-4,9H,5H2,(H,11,12)/p-1. The Bertz CT molecular complexity index is 347. The van der Waals surface area contributed by atoms with Gasteiger partial charge in [-0.25, -0.2) is 0 Å². The van der Waals surface area contributed by atoms with Crippen LogP contribution in [-0.4, -0.2) is 17.4 Å². The van der Waals surface area contributed by atoms with Crippen LogP contribution >= 0.6 is 0 Å². The summed E-state index contributed by atoms with van der Waals surface area (Å²) in [6.07, 6.45) is 0. The van der Waals surface area contributed by atoms with Gasteiger partial charge in [0.15, 0.2) is 0 Å². The third kappa shape index (κ3) is 2.74. The van der Waals surface area contributed by atoms with Crippen LogP contribution in [0.5, 0.6) is 0 Å². The van der Waals surface area contributed by atoms with E-state index in [4.69, 9.17) is 0 Å². The number of benzene rings is 1. The topological polar surface area (TPSA) is 95.3 Å². The maximum atomic E-state index is 10.3. The zero-order chi connectivity index (χ0) is 10.6. The van der Waals surface area contributed by atoms with Gasteiger partial charge in [-0.1, -0.05) is 0 Å². The minimum atomic E-state index is -1.23. The number of nitro benzene ring substituents is 1. The molecule has 1 aromatic rings. The van der Waals surface area contributed by atoms with Gasteiger partial charge in [0.05, 0.1) is 17.4 Å². The van der Waals surface area contributed by atoms with Gasteiger partial charge in [-0.2, -0.15) is 0 Å². The summed E-state index contributed by atoms with van der Waals surface area (Å²) in [6, 6.07) is 5.44. The first kappa shape index (κ1) is 9.97. The van der Waals surface area contributed by atoms with E-state index in [1.807, 2.05) is 0 Å². The zero-order valence-electron chi connectivity index (χ0n) is 7.10. The van der Waals surface area contributed by atoms with Crippen molar-refractivity contribution in [1.82, 2.24) is 0 Å². The number of rotatable bonds is 4. The van der Waals surface area contributed by atoms with E-state index in [0.717, 1.165) is 0 Å². The predicted octanol–water partition coefficient (Wildman–Crippen LogP) is -0.243. The van der Waals surface area contributed by atoms with Crippen molar-refractivity contribution in [1.29, 1.82) is 0 Å². The third-order valence-electron chi connectivity index (χ3n) is 1.51. The van der Waals surface area contributed by atoms with Crippen molar-refractivity contribution in [3.63, 3.8) is 0 Å². The quantitative estimate of drug-likeness (QED) is 0.528. The van der Waals surface area contributed by atoms with Crippen LogP contribution in [0.2, 0.25) is 0 Å². The highest BCUT2D eigenvalue weighted by atomic mass is 16.6. The Morgan fingerprint density at radius 3 is 2.36 bits per heavy atom. The number of hydrogen-bond acceptors (Lipinski definition) is 5. The van der Waals surface area contributed by atoms with E-state index >= 15 is 0 Å². The number of carbonyl (C=O) groups excluding carboxylic acids is 1. The van der Waals surface area contributed by atoms with Crippen molar-refractivity contribution in [2.45, 2.75) is 0 Å². The lowest BCUT2D eigenvalue weighted by molar-refractivity contribution is -0.384. The number of anilines is 1. The van der Waals surface area contributed by atoms with E-state index in [9.17, 15) is 20.0 Å². The molecule has 0 heterocycles. The van der Waals surface area contributed by atoms with Gasteiger partial charge in [0.25, 0.3) is 5.69 Å². The summed E-state index contributed by atoms with van der Waals surface area (Å²) in [5.41, 5.74) is 0.462. The monoisotopic (exact) mass is 195 g/mol. The molecule has 6 nitrogen and oxygen atoms in total. The Hall–Kier alpha value is -2.11. The number of carbonyl (C=O) groups is 1. The van der Waals surface area contributed by atoms with E-state index in [1.165, 1.54) is 24.3 Å². The fraction of sp³-hybridized carbons (Fsp3) is 0.125. The van der Waals surface area contributed by atoms with Gasteiger partial charge in [-0.15, -0.1) is 0 Å². The molecule has 1 rings (SSSR count). The van der Waals surface area contributed by atoms with Crippen LogP contribution in [0, 0.1) is 10.1 Å². The van der Waals surface area contributed by atoms with Crippen molar-refractivity contribution in [2.75, 3.05) is 11.9 Å². The average Bonchev–Trinajstić information content (AvgIpc) is 2.15. The summed E-state index contributed by atoms with van der Waals surface area (Å²) in [6.45, 7) is -0.322. The third-order valence-corrected chi connectivity index (χ3v) is 1.51. The molecule has 0 saturated carbocycles. The molecule has 0 aliphatic carbocycles. The Labute approximate surface area is 79.3 Å². The normalized spacial score (nSPS) is 9.43. The summed E-state index contributed by atoms with van der Waals surface area (Å²) in [4.78, 5) is 19.8. The van der Waals surface area contributed by atoms with Crippen molar-refractivity contribution in [3.8, 4) is 0 Å². The SMILES string of the molecule is O=C([O-])CNc1ccc([N+](=O)[O-])cc1. The Kier molecular flexibility index (Phi) is 3.01. The molecule has 0 bridgehead atoms. The maximum absolute atomic E-state index is 10.3. The molecule has 0 saturated heterocycles. The fourth-order valence-electron chi connectivity index (χ4n) is 0.875. The largest absolute Gasteiger partial charge is 0.548 e. The highest BCUT2D eigenvalue weighted by molar-refractivity contribution is 5.70. The molecule has 1 N–H and O–H groups in total. The molecule has 0 aliphatic heterocycles. The fourth-order valence-corrected chi connectivity index (χ4v) is 0.875. The first-order valence-corrected chi connectivity index (χ1v) is 3.78. The molecule has 0 aliphatic rings. The van der Waals surface area contributed by atoms with Gasteiger partial charge in [0.2, 0.25) is 0 Å². The van der Waals surface area contributed by atoms with E-state index in [0.29, 0.717) is 5.69 Å². The van der Waals surface area contributed by atoms with Crippen molar-refractivity contribution in [2.24, 2.45) is 0 Å². The number of hydrogen-bond donors (Lipinski definition) is 1. The first-order valence-electron chi connectivity index (χ1n) is 3.78. The summed E-state index contributed by atoms with van der Waals surface area (Å²) < 4.78 is 0. The van der Waals surface area contributed by atoms with Crippen LogP contribution in [0.3, 0.4) is 0 Å². The molecule has 6 heteroatoms. The molecule has 0 amide bonds. The smallest absolute Gasteiger partial charge is 0.269 e. The Morgan fingerprint density at radius 1 is 1.36 bits per heavy atom. The van der Waals surface area contributed by atoms with Gasteiger partial charge in [-0.3, -0.25) is 10.1 Å². The summed E-state index contributed by atoms with van der Waals surface area (Å²) in [5.74, 6) is -1.23. The second-order valence-electron chi connectivity index (χ2n) is 2.53. The van der Waals surface area contributed by atoms with Gasteiger partial charge in [0.1, 0.15) is 0 Å². The van der Waals surface area contributed by atoms with Gasteiger partial charge < -0.3 is 15.2 Å². The van der Waals surface area contributed by atoms with Gasteiger partial charge in [-0.05, 0) is 12.1 Å². The van der Waals surface area contributed by atoms with Crippen LogP contribution in [-0.2, 0) is 4.79 Å². The van der Waals surface area contributed by atoms with Crippen molar-refractivity contribution < 1.29 is 14.8 Å². The lowest BCUT2D eigenvalue weighted by atomic mass is 10.3. The molecule has 0 atom stereocenters. The van der Waals surface area contributed by atoms with Gasteiger partial charge in [0, 0.05) is 17.8 Å². The number of aliphatic carboxylic acids is 1. The summed E-state index contributed by atoms with van der Waals surface area (Å²) in [5, 5.41) is 22.9. The predicted molar refractivity (Wildman–Crippen MR) is 46.6 cm³/mol. The first-order chi connectivity index (χ1) is 6.59. The van der Waals surface area contributed by atoms with Crippen molar-refractivity contribution in [3.05, 3.63) is 34.4 Å². The zero-order valence-corrected chi connectivity index (χ0v) is 7.10. The molecular weight excluding hydrogens is 188 g/mol. The molecule has 0 unspecified atom stereocenters. The molecule has 14 heavy (non-hydrogen) atoms. The molecule has 0 spiro atoms. The maximum Gasteiger partial charge on any atom is 0.269 e. The van der Waals surface area contributed by atoms with Crippen molar-refractivity contribution >= 4 is 17.3 Å². The van der Waals surface area contributed by atoms with Gasteiger partial charge >= 0.3 is 0 Å². The number of nitro groups is 1. The Morgan fingerprint density at radius 2 is 1.93 bits per heavy atom. The van der Waals surface area contributed by atoms with E-state index in [-0.39, 0.29) is 12.2 Å². The minimum absolute atomic E-state index is 0.0380. The minimum Gasteiger partial charge on any atom is -0.548 e. The summed E-state index contributed by atoms with van der Waals surface area (Å²) >= 11 is 0. The second-order valence-corrected chi connectivity index (χ2v) is 2.53. The summed E-state index contributed by atoms with van der Waals surface area (Å²) in [7, 11) is 0. The average molecular weight is 195 g/mol. The van der Waals surface area contributed by atoms with Crippen LogP contribution < -0.4 is 10.4 Å². The second kappa shape index (κ2) is 4.22.